The molecular formula is C25H19F3N4O2S. The molecule has 1 atom stereocenters. The molecule has 35 heavy (non-hydrogen) atoms. The largest absolute Gasteiger partial charge is 0.359 e. The first-order valence-electron chi connectivity index (χ1n) is 10.7. The van der Waals surface area contributed by atoms with Crippen LogP contribution in [0, 0.1) is 17.5 Å². The number of halogens is 3. The van der Waals surface area contributed by atoms with Gasteiger partial charge in [0.15, 0.2) is 0 Å². The molecule has 178 valence electrons. The summed E-state index contributed by atoms with van der Waals surface area (Å²) in [6.45, 7) is 1.74. The summed E-state index contributed by atoms with van der Waals surface area (Å²) in [4.78, 5) is 30.8. The van der Waals surface area contributed by atoms with Crippen LogP contribution in [0.3, 0.4) is 0 Å². The molecule has 3 amide bonds. The van der Waals surface area contributed by atoms with Crippen molar-refractivity contribution < 1.29 is 22.8 Å². The van der Waals surface area contributed by atoms with Crippen molar-refractivity contribution in [2.45, 2.75) is 23.6 Å². The highest BCUT2D eigenvalue weighted by Gasteiger charge is 2.31. The van der Waals surface area contributed by atoms with E-state index in [0.29, 0.717) is 33.5 Å². The summed E-state index contributed by atoms with van der Waals surface area (Å²) in [5.74, 6) is -2.09. The Morgan fingerprint density at radius 2 is 1.77 bits per heavy atom. The molecule has 0 saturated heterocycles. The molecule has 1 unspecified atom stereocenters. The van der Waals surface area contributed by atoms with Gasteiger partial charge in [0.25, 0.3) is 0 Å². The smallest absolute Gasteiger partial charge is 0.323 e. The number of carbonyl (C=O) groups excluding carboxylic acids is 2. The third kappa shape index (κ3) is 4.69. The second kappa shape index (κ2) is 9.03. The molecule has 4 aromatic rings. The van der Waals surface area contributed by atoms with Gasteiger partial charge in [0.2, 0.25) is 5.91 Å². The minimum absolute atomic E-state index is 0.0258. The van der Waals surface area contributed by atoms with Crippen molar-refractivity contribution in [3.63, 3.8) is 0 Å². The van der Waals surface area contributed by atoms with Crippen LogP contribution in [-0.2, 0) is 11.3 Å². The van der Waals surface area contributed by atoms with Crippen molar-refractivity contribution in [3.05, 3.63) is 83.8 Å². The van der Waals surface area contributed by atoms with Crippen LogP contribution in [0.5, 0.6) is 0 Å². The van der Waals surface area contributed by atoms with Gasteiger partial charge in [-0.3, -0.25) is 4.79 Å². The highest BCUT2D eigenvalue weighted by Crippen LogP contribution is 2.41. The number of aromatic nitrogens is 1. The molecule has 0 spiro atoms. The number of aromatic amines is 1. The zero-order valence-electron chi connectivity index (χ0n) is 18.4. The van der Waals surface area contributed by atoms with E-state index in [2.05, 4.69) is 15.6 Å². The fourth-order valence-corrected chi connectivity index (χ4v) is 5.06. The van der Waals surface area contributed by atoms with Gasteiger partial charge in [0.05, 0.1) is 23.2 Å². The Labute approximate surface area is 202 Å². The maximum Gasteiger partial charge on any atom is 0.323 e. The van der Waals surface area contributed by atoms with Gasteiger partial charge in [0, 0.05) is 33.7 Å². The van der Waals surface area contributed by atoms with E-state index >= 15 is 0 Å². The predicted molar refractivity (Wildman–Crippen MR) is 130 cm³/mol. The van der Waals surface area contributed by atoms with Crippen LogP contribution in [0.2, 0.25) is 0 Å². The van der Waals surface area contributed by atoms with E-state index in [1.54, 1.807) is 37.4 Å². The van der Waals surface area contributed by atoms with Crippen molar-refractivity contribution in [2.75, 3.05) is 15.5 Å². The van der Waals surface area contributed by atoms with Gasteiger partial charge in [-0.2, -0.15) is 0 Å². The molecule has 3 N–H and O–H groups in total. The summed E-state index contributed by atoms with van der Waals surface area (Å²) < 4.78 is 41.0. The number of amides is 3. The Balaban J connectivity index is 1.39. The zero-order valence-corrected chi connectivity index (χ0v) is 19.2. The number of benzene rings is 3. The number of hydrogen-bond donors (Lipinski definition) is 3. The molecule has 0 radical (unpaired) electrons. The number of carbonyl (C=O) groups is 2. The Morgan fingerprint density at radius 3 is 2.54 bits per heavy atom. The third-order valence-corrected chi connectivity index (χ3v) is 6.73. The molecule has 2 heterocycles. The lowest BCUT2D eigenvalue weighted by molar-refractivity contribution is -0.118. The second-order valence-electron chi connectivity index (χ2n) is 8.12. The quantitative estimate of drug-likeness (QED) is 0.312. The molecule has 10 heteroatoms. The van der Waals surface area contributed by atoms with Crippen molar-refractivity contribution in [3.8, 4) is 0 Å². The minimum Gasteiger partial charge on any atom is -0.359 e. The molecule has 0 saturated carbocycles. The Hall–Kier alpha value is -3.92. The monoisotopic (exact) mass is 496 g/mol. The second-order valence-corrected chi connectivity index (χ2v) is 9.50. The van der Waals surface area contributed by atoms with E-state index < -0.39 is 23.5 Å². The Morgan fingerprint density at radius 1 is 1.00 bits per heavy atom. The molecule has 1 aliphatic rings. The zero-order chi connectivity index (χ0) is 24.7. The van der Waals surface area contributed by atoms with E-state index in [1.165, 1.54) is 40.9 Å². The fourth-order valence-electron chi connectivity index (χ4n) is 4.01. The number of fused-ring (bicyclic) bond motifs is 2. The number of H-pyrrole nitrogens is 1. The average Bonchev–Trinajstić information content (AvgIpc) is 3.18. The summed E-state index contributed by atoms with van der Waals surface area (Å²) in [5.41, 5.74) is 2.32. The molecule has 1 aromatic heterocycles. The SMILES string of the molecule is CC1Sc2ccc(NC(=O)Nc3c[nH]c4ccc(F)cc34)cc2N(Cc2cc(F)cc(F)c2)C1=O. The maximum absolute atomic E-state index is 13.7. The standard InChI is InChI=1S/C25H19F3N4O2S/c1-13-24(33)32(12-14-6-16(27)8-17(28)7-14)22-10-18(3-5-23(22)35-13)30-25(34)31-21-11-29-20-4-2-15(26)9-19(20)21/h2-11,13,29H,12H2,1H3,(H2,30,31,34). The van der Waals surface area contributed by atoms with Crippen molar-refractivity contribution in [2.24, 2.45) is 0 Å². The van der Waals surface area contributed by atoms with Crippen molar-refractivity contribution >= 4 is 51.7 Å². The topological polar surface area (TPSA) is 77.2 Å². The van der Waals surface area contributed by atoms with E-state index in [-0.39, 0.29) is 17.7 Å². The van der Waals surface area contributed by atoms with Crippen LogP contribution in [0.25, 0.3) is 10.9 Å². The number of anilines is 3. The maximum atomic E-state index is 13.7. The van der Waals surface area contributed by atoms with E-state index in [0.717, 1.165) is 11.0 Å². The first-order valence-corrected chi connectivity index (χ1v) is 11.6. The van der Waals surface area contributed by atoms with E-state index in [1.807, 2.05) is 0 Å². The molecular weight excluding hydrogens is 477 g/mol. The number of urea groups is 1. The van der Waals surface area contributed by atoms with Crippen LogP contribution < -0.4 is 15.5 Å². The summed E-state index contributed by atoms with van der Waals surface area (Å²) >= 11 is 1.37. The molecule has 3 aromatic carbocycles. The molecule has 0 fully saturated rings. The van der Waals surface area contributed by atoms with Crippen molar-refractivity contribution in [1.29, 1.82) is 0 Å². The number of nitrogens with zero attached hydrogens (tertiary/aromatic N) is 1. The minimum atomic E-state index is -0.726. The van der Waals surface area contributed by atoms with Crippen LogP contribution in [-0.4, -0.2) is 22.2 Å². The van der Waals surface area contributed by atoms with Gasteiger partial charge in [-0.25, -0.2) is 18.0 Å². The van der Waals surface area contributed by atoms with Gasteiger partial charge < -0.3 is 20.5 Å². The lowest BCUT2D eigenvalue weighted by Gasteiger charge is -2.33. The summed E-state index contributed by atoms with van der Waals surface area (Å²) in [5, 5.41) is 5.54. The Bertz CT molecular complexity index is 1450. The summed E-state index contributed by atoms with van der Waals surface area (Å²) in [6, 6.07) is 11.9. The average molecular weight is 497 g/mol. The summed E-state index contributed by atoms with van der Waals surface area (Å²) in [7, 11) is 0. The fraction of sp³-hybridized carbons (Fsp3) is 0.120. The normalized spacial score (nSPS) is 15.3. The van der Waals surface area contributed by atoms with Crippen LogP contribution >= 0.6 is 11.8 Å². The number of nitrogens with one attached hydrogen (secondary N) is 3. The van der Waals surface area contributed by atoms with Gasteiger partial charge in [-0.1, -0.05) is 0 Å². The van der Waals surface area contributed by atoms with Crippen LogP contribution in [0.15, 0.2) is 65.7 Å². The molecule has 1 aliphatic heterocycles. The predicted octanol–water partition coefficient (Wildman–Crippen LogP) is 6.26. The molecule has 5 rings (SSSR count). The van der Waals surface area contributed by atoms with E-state index in [4.69, 9.17) is 0 Å². The first kappa shape index (κ1) is 22.9. The molecule has 0 bridgehead atoms. The van der Waals surface area contributed by atoms with Crippen molar-refractivity contribution in [1.82, 2.24) is 4.98 Å². The van der Waals surface area contributed by atoms with Crippen LogP contribution in [0.4, 0.5) is 35.0 Å². The number of thioether (sulfide) groups is 1. The number of hydrogen-bond acceptors (Lipinski definition) is 3. The third-order valence-electron chi connectivity index (χ3n) is 5.58. The van der Waals surface area contributed by atoms with Gasteiger partial charge >= 0.3 is 6.03 Å². The summed E-state index contributed by atoms with van der Waals surface area (Å²) in [6.07, 6.45) is 1.56. The lowest BCUT2D eigenvalue weighted by Crippen LogP contribution is -2.39. The molecule has 0 aliphatic carbocycles. The first-order chi connectivity index (χ1) is 16.8. The highest BCUT2D eigenvalue weighted by atomic mass is 32.2. The Kier molecular flexibility index (Phi) is 5.89. The highest BCUT2D eigenvalue weighted by molar-refractivity contribution is 8.01. The lowest BCUT2D eigenvalue weighted by atomic mass is 10.1. The number of rotatable bonds is 4. The van der Waals surface area contributed by atoms with Gasteiger partial charge in [-0.15, -0.1) is 11.8 Å². The molecule has 6 nitrogen and oxygen atoms in total. The van der Waals surface area contributed by atoms with Crippen LogP contribution in [0.1, 0.15) is 12.5 Å². The van der Waals surface area contributed by atoms with Gasteiger partial charge in [0.1, 0.15) is 17.5 Å². The van der Waals surface area contributed by atoms with E-state index in [9.17, 15) is 22.8 Å². The van der Waals surface area contributed by atoms with Gasteiger partial charge in [-0.05, 0) is 61.0 Å².